The highest BCUT2D eigenvalue weighted by Gasteiger charge is 2.49. The first-order chi connectivity index (χ1) is 8.61. The number of hydrogen-bond acceptors (Lipinski definition) is 5. The number of benzene rings is 1. The van der Waals surface area contributed by atoms with Gasteiger partial charge < -0.3 is 9.47 Å². The molecule has 0 bridgehead atoms. The summed E-state index contributed by atoms with van der Waals surface area (Å²) in [4.78, 5) is 17.0. The van der Waals surface area contributed by atoms with Crippen LogP contribution >= 0.6 is 0 Å². The highest BCUT2D eigenvalue weighted by Crippen LogP contribution is 2.34. The number of ether oxygens (including phenoxy) is 2. The smallest absolute Gasteiger partial charge is 0.368 e. The average Bonchev–Trinajstić information content (AvgIpc) is 2.84. The second-order valence-corrected chi connectivity index (χ2v) is 4.34. The van der Waals surface area contributed by atoms with E-state index in [4.69, 9.17) is 14.3 Å². The van der Waals surface area contributed by atoms with Crippen LogP contribution in [-0.4, -0.2) is 26.0 Å². The molecule has 0 amide bonds. The van der Waals surface area contributed by atoms with Crippen molar-refractivity contribution in [1.29, 1.82) is 0 Å². The summed E-state index contributed by atoms with van der Waals surface area (Å²) in [7, 11) is 2.74. The Morgan fingerprint density at radius 3 is 2.61 bits per heavy atom. The van der Waals surface area contributed by atoms with Gasteiger partial charge in [-0.25, -0.2) is 4.79 Å². The number of rotatable bonds is 3. The molecule has 0 spiro atoms. The van der Waals surface area contributed by atoms with Crippen LogP contribution in [0.25, 0.3) is 0 Å². The fraction of sp³-hybridized carbons (Fsp3) is 0.462. The van der Waals surface area contributed by atoms with Crippen LogP contribution in [0.2, 0.25) is 0 Å². The SMILES string of the molecule is COC(=O)C1(OC)CC(c2ccc(C)cc2)NO1. The number of hydrogen-bond donors (Lipinski definition) is 1. The minimum absolute atomic E-state index is 0.0929. The molecular weight excluding hydrogens is 234 g/mol. The lowest BCUT2D eigenvalue weighted by Crippen LogP contribution is -2.41. The topological polar surface area (TPSA) is 56.8 Å². The van der Waals surface area contributed by atoms with Crippen LogP contribution in [0.15, 0.2) is 24.3 Å². The summed E-state index contributed by atoms with van der Waals surface area (Å²) in [6.45, 7) is 2.02. The second kappa shape index (κ2) is 5.06. The number of carbonyl (C=O) groups excluding carboxylic acids is 1. The first-order valence-corrected chi connectivity index (χ1v) is 5.75. The van der Waals surface area contributed by atoms with Crippen molar-refractivity contribution in [2.24, 2.45) is 0 Å². The molecule has 1 saturated heterocycles. The Kier molecular flexibility index (Phi) is 3.65. The van der Waals surface area contributed by atoms with Crippen molar-refractivity contribution in [2.45, 2.75) is 25.2 Å². The van der Waals surface area contributed by atoms with Gasteiger partial charge in [-0.1, -0.05) is 29.8 Å². The molecule has 1 aliphatic rings. The van der Waals surface area contributed by atoms with E-state index in [1.807, 2.05) is 31.2 Å². The molecule has 0 radical (unpaired) electrons. The monoisotopic (exact) mass is 251 g/mol. The average molecular weight is 251 g/mol. The normalized spacial score (nSPS) is 27.2. The zero-order valence-electron chi connectivity index (χ0n) is 10.7. The maximum atomic E-state index is 11.7. The van der Waals surface area contributed by atoms with Gasteiger partial charge in [-0.05, 0) is 12.5 Å². The number of methoxy groups -OCH3 is 2. The van der Waals surface area contributed by atoms with E-state index >= 15 is 0 Å². The van der Waals surface area contributed by atoms with E-state index in [9.17, 15) is 4.79 Å². The summed E-state index contributed by atoms with van der Waals surface area (Å²) in [6, 6.07) is 7.94. The molecule has 0 aliphatic carbocycles. The van der Waals surface area contributed by atoms with Crippen LogP contribution in [0.4, 0.5) is 0 Å². The van der Waals surface area contributed by atoms with Crippen LogP contribution in [-0.2, 0) is 19.1 Å². The van der Waals surface area contributed by atoms with Gasteiger partial charge in [0.15, 0.2) is 0 Å². The standard InChI is InChI=1S/C13H17NO4/c1-9-4-6-10(7-5-9)11-8-13(17-3,18-14-11)12(15)16-2/h4-7,11,14H,8H2,1-3H3. The van der Waals surface area contributed by atoms with E-state index in [2.05, 4.69) is 5.48 Å². The number of carbonyl (C=O) groups is 1. The van der Waals surface area contributed by atoms with E-state index in [1.165, 1.54) is 19.8 Å². The van der Waals surface area contributed by atoms with E-state index in [0.29, 0.717) is 6.42 Å². The first-order valence-electron chi connectivity index (χ1n) is 5.75. The summed E-state index contributed by atoms with van der Waals surface area (Å²) in [5.74, 6) is -1.89. The Balaban J connectivity index is 2.16. The molecule has 1 N–H and O–H groups in total. The fourth-order valence-electron chi connectivity index (χ4n) is 1.99. The summed E-state index contributed by atoms with van der Waals surface area (Å²) < 4.78 is 9.87. The number of hydroxylamine groups is 1. The van der Waals surface area contributed by atoms with Crippen molar-refractivity contribution < 1.29 is 19.1 Å². The van der Waals surface area contributed by atoms with Gasteiger partial charge in [0.1, 0.15) is 0 Å². The molecule has 2 unspecified atom stereocenters. The minimum atomic E-state index is -1.36. The number of nitrogens with one attached hydrogen (secondary N) is 1. The molecule has 1 aromatic rings. The van der Waals surface area contributed by atoms with Crippen molar-refractivity contribution in [1.82, 2.24) is 5.48 Å². The number of esters is 1. The third-order valence-corrected chi connectivity index (χ3v) is 3.14. The molecule has 1 heterocycles. The van der Waals surface area contributed by atoms with Gasteiger partial charge in [-0.2, -0.15) is 5.48 Å². The lowest BCUT2D eigenvalue weighted by Gasteiger charge is -2.21. The summed E-state index contributed by atoms with van der Waals surface area (Å²) in [6.07, 6.45) is 0.374. The van der Waals surface area contributed by atoms with Gasteiger partial charge in [0, 0.05) is 13.5 Å². The molecule has 18 heavy (non-hydrogen) atoms. The summed E-state index contributed by atoms with van der Waals surface area (Å²) in [5.41, 5.74) is 5.05. The van der Waals surface area contributed by atoms with E-state index in [-0.39, 0.29) is 6.04 Å². The molecule has 1 aromatic carbocycles. The lowest BCUT2D eigenvalue weighted by atomic mass is 9.99. The Labute approximate surface area is 106 Å². The molecule has 2 atom stereocenters. The maximum Gasteiger partial charge on any atom is 0.368 e. The van der Waals surface area contributed by atoms with Crippen molar-refractivity contribution >= 4 is 5.97 Å². The van der Waals surface area contributed by atoms with Gasteiger partial charge in [-0.3, -0.25) is 4.84 Å². The molecule has 1 fully saturated rings. The predicted octanol–water partition coefficient (Wildman–Crippen LogP) is 1.48. The maximum absolute atomic E-state index is 11.7. The highest BCUT2D eigenvalue weighted by atomic mass is 16.8. The van der Waals surface area contributed by atoms with Crippen molar-refractivity contribution in [3.63, 3.8) is 0 Å². The van der Waals surface area contributed by atoms with Crippen LogP contribution in [0, 0.1) is 6.92 Å². The van der Waals surface area contributed by atoms with Gasteiger partial charge in [0.2, 0.25) is 0 Å². The third kappa shape index (κ3) is 2.25. The van der Waals surface area contributed by atoms with Crippen molar-refractivity contribution in [3.8, 4) is 0 Å². The molecule has 5 nitrogen and oxygen atoms in total. The molecule has 0 aromatic heterocycles. The summed E-state index contributed by atoms with van der Waals surface area (Å²) in [5, 5.41) is 0. The van der Waals surface area contributed by atoms with E-state index in [0.717, 1.165) is 5.56 Å². The van der Waals surface area contributed by atoms with Crippen molar-refractivity contribution in [3.05, 3.63) is 35.4 Å². The third-order valence-electron chi connectivity index (χ3n) is 3.14. The van der Waals surface area contributed by atoms with Gasteiger partial charge in [0.05, 0.1) is 13.2 Å². The Bertz CT molecular complexity index is 431. The molecule has 98 valence electrons. The molecule has 0 saturated carbocycles. The quantitative estimate of drug-likeness (QED) is 0.824. The van der Waals surface area contributed by atoms with Crippen LogP contribution in [0.5, 0.6) is 0 Å². The lowest BCUT2D eigenvalue weighted by molar-refractivity contribution is -0.235. The second-order valence-electron chi connectivity index (χ2n) is 4.34. The largest absolute Gasteiger partial charge is 0.465 e. The highest BCUT2D eigenvalue weighted by molar-refractivity contribution is 5.78. The Morgan fingerprint density at radius 2 is 2.06 bits per heavy atom. The van der Waals surface area contributed by atoms with Gasteiger partial charge >= 0.3 is 5.97 Å². The van der Waals surface area contributed by atoms with E-state index in [1.54, 1.807) is 0 Å². The predicted molar refractivity (Wildman–Crippen MR) is 64.5 cm³/mol. The minimum Gasteiger partial charge on any atom is -0.465 e. The van der Waals surface area contributed by atoms with E-state index < -0.39 is 11.8 Å². The van der Waals surface area contributed by atoms with Gasteiger partial charge in [-0.15, -0.1) is 0 Å². The molecule has 2 rings (SSSR count). The molecule has 1 aliphatic heterocycles. The zero-order chi connectivity index (χ0) is 13.2. The van der Waals surface area contributed by atoms with Crippen LogP contribution < -0.4 is 5.48 Å². The molecule has 5 heteroatoms. The van der Waals surface area contributed by atoms with Crippen LogP contribution in [0.1, 0.15) is 23.6 Å². The van der Waals surface area contributed by atoms with Crippen molar-refractivity contribution in [2.75, 3.05) is 14.2 Å². The Hall–Kier alpha value is -1.43. The number of aryl methyl sites for hydroxylation is 1. The Morgan fingerprint density at radius 1 is 1.39 bits per heavy atom. The zero-order valence-corrected chi connectivity index (χ0v) is 10.7. The first kappa shape index (κ1) is 13.0. The summed E-state index contributed by atoms with van der Waals surface area (Å²) >= 11 is 0. The molecular formula is C13H17NO4. The van der Waals surface area contributed by atoms with Gasteiger partial charge in [0.25, 0.3) is 5.79 Å². The fourth-order valence-corrected chi connectivity index (χ4v) is 1.99. The van der Waals surface area contributed by atoms with Crippen LogP contribution in [0.3, 0.4) is 0 Å².